The van der Waals surface area contributed by atoms with E-state index in [2.05, 4.69) is 10.3 Å². The van der Waals surface area contributed by atoms with Crippen LogP contribution in [0.4, 0.5) is 0 Å². The number of nitrogens with zero attached hydrogens (tertiary/aromatic N) is 3. The van der Waals surface area contributed by atoms with Crippen LogP contribution >= 0.6 is 0 Å². The van der Waals surface area contributed by atoms with Gasteiger partial charge < -0.3 is 0 Å². The highest BCUT2D eigenvalue weighted by Gasteiger charge is 2.25. The number of pyridine rings is 1. The van der Waals surface area contributed by atoms with E-state index >= 15 is 0 Å². The molecule has 5 nitrogen and oxygen atoms in total. The number of rotatable bonds is 4. The van der Waals surface area contributed by atoms with Crippen molar-refractivity contribution in [1.29, 1.82) is 0 Å². The average molecular weight is 245 g/mol. The molecule has 0 fully saturated rings. The fraction of sp³-hybridized carbons (Fsp3) is 0.385. The summed E-state index contributed by atoms with van der Waals surface area (Å²) in [5.74, 6) is -0.155. The molecule has 1 atom stereocenters. The van der Waals surface area contributed by atoms with Crippen molar-refractivity contribution in [3.63, 3.8) is 0 Å². The maximum absolute atomic E-state index is 12.2. The Morgan fingerprint density at radius 1 is 1.33 bits per heavy atom. The number of carbonyl (C=O) groups excluding carboxylic acids is 1. The van der Waals surface area contributed by atoms with Gasteiger partial charge in [-0.3, -0.25) is 4.79 Å². The van der Waals surface area contributed by atoms with E-state index < -0.39 is 6.04 Å². The number of aromatic nitrogens is 2. The summed E-state index contributed by atoms with van der Waals surface area (Å²) in [6.45, 7) is 5.45. The fourth-order valence-electron chi connectivity index (χ4n) is 1.93. The van der Waals surface area contributed by atoms with Gasteiger partial charge in [-0.25, -0.2) is 4.52 Å². The van der Waals surface area contributed by atoms with E-state index in [1.807, 2.05) is 32.0 Å². The maximum atomic E-state index is 12.2. The van der Waals surface area contributed by atoms with Crippen LogP contribution in [0.5, 0.6) is 0 Å². The van der Waals surface area contributed by atoms with E-state index in [0.29, 0.717) is 11.3 Å². The standard InChI is InChI=1S/C13H15N3O2/c1-8(2)12-11(13(17)9(3)15-18)10-6-4-5-7-16(10)14-12/h4-9H,1-3H3. The molecule has 0 aromatic carbocycles. The zero-order valence-corrected chi connectivity index (χ0v) is 10.6. The highest BCUT2D eigenvalue weighted by atomic mass is 16.3. The van der Waals surface area contributed by atoms with Gasteiger partial charge in [-0.05, 0) is 25.0 Å². The lowest BCUT2D eigenvalue weighted by Gasteiger charge is -2.05. The van der Waals surface area contributed by atoms with Crippen molar-refractivity contribution >= 4 is 11.3 Å². The molecular formula is C13H15N3O2. The molecular weight excluding hydrogens is 230 g/mol. The molecule has 0 spiro atoms. The number of ketones is 1. The Morgan fingerprint density at radius 2 is 2.06 bits per heavy atom. The molecule has 0 aliphatic carbocycles. The summed E-state index contributed by atoms with van der Waals surface area (Å²) in [6, 6.07) is 4.64. The third-order valence-electron chi connectivity index (χ3n) is 2.90. The van der Waals surface area contributed by atoms with Crippen molar-refractivity contribution in [3.8, 4) is 0 Å². The molecule has 0 N–H and O–H groups in total. The van der Waals surface area contributed by atoms with Crippen LogP contribution in [0.25, 0.3) is 5.52 Å². The summed E-state index contributed by atoms with van der Waals surface area (Å²) >= 11 is 0. The van der Waals surface area contributed by atoms with E-state index in [1.54, 1.807) is 10.7 Å². The molecule has 0 amide bonds. The van der Waals surface area contributed by atoms with E-state index in [4.69, 9.17) is 0 Å². The third-order valence-corrected chi connectivity index (χ3v) is 2.90. The van der Waals surface area contributed by atoms with Gasteiger partial charge in [-0.15, -0.1) is 0 Å². The van der Waals surface area contributed by atoms with Crippen LogP contribution in [0.1, 0.15) is 42.7 Å². The maximum Gasteiger partial charge on any atom is 0.194 e. The fourth-order valence-corrected chi connectivity index (χ4v) is 1.93. The first kappa shape index (κ1) is 12.4. The lowest BCUT2D eigenvalue weighted by molar-refractivity contribution is 0.0968. The van der Waals surface area contributed by atoms with Gasteiger partial charge in [0.1, 0.15) is 0 Å². The normalized spacial score (nSPS) is 12.9. The first-order chi connectivity index (χ1) is 8.56. The van der Waals surface area contributed by atoms with Gasteiger partial charge >= 0.3 is 0 Å². The van der Waals surface area contributed by atoms with Gasteiger partial charge in [0.05, 0.1) is 16.8 Å². The SMILES string of the molecule is CC(N=O)C(=O)c1c(C(C)C)nn2ccccc12. The van der Waals surface area contributed by atoms with Crippen molar-refractivity contribution < 1.29 is 4.79 Å². The lowest BCUT2D eigenvalue weighted by atomic mass is 9.98. The predicted octanol–water partition coefficient (Wildman–Crippen LogP) is 2.80. The third kappa shape index (κ3) is 1.92. The molecule has 0 radical (unpaired) electrons. The molecule has 1 unspecified atom stereocenters. The van der Waals surface area contributed by atoms with Crippen LogP contribution in [-0.4, -0.2) is 21.4 Å². The van der Waals surface area contributed by atoms with Gasteiger partial charge in [-0.2, -0.15) is 10.0 Å². The highest BCUT2D eigenvalue weighted by Crippen LogP contribution is 2.24. The minimum atomic E-state index is -0.879. The second kappa shape index (κ2) is 4.68. The minimum absolute atomic E-state index is 0.114. The Morgan fingerprint density at radius 3 is 2.67 bits per heavy atom. The molecule has 0 bridgehead atoms. The summed E-state index contributed by atoms with van der Waals surface area (Å²) in [6.07, 6.45) is 1.79. The Hall–Kier alpha value is -2.04. The molecule has 94 valence electrons. The number of hydrogen-bond acceptors (Lipinski definition) is 4. The number of nitroso groups, excluding NO2 is 1. The smallest absolute Gasteiger partial charge is 0.194 e. The van der Waals surface area contributed by atoms with Crippen LogP contribution < -0.4 is 0 Å². The predicted molar refractivity (Wildman–Crippen MR) is 68.9 cm³/mol. The molecule has 2 aromatic rings. The van der Waals surface area contributed by atoms with Crippen molar-refractivity contribution in [2.75, 3.05) is 0 Å². The highest BCUT2D eigenvalue weighted by molar-refractivity contribution is 6.06. The lowest BCUT2D eigenvalue weighted by Crippen LogP contribution is -2.16. The Balaban J connectivity index is 2.69. The Labute approximate surface area is 105 Å². The monoisotopic (exact) mass is 245 g/mol. The van der Waals surface area contributed by atoms with Crippen LogP contribution in [0.15, 0.2) is 29.6 Å². The molecule has 0 aliphatic heterocycles. The van der Waals surface area contributed by atoms with Crippen molar-refractivity contribution in [2.24, 2.45) is 5.18 Å². The summed E-state index contributed by atoms with van der Waals surface area (Å²) in [5.41, 5.74) is 1.95. The topological polar surface area (TPSA) is 63.8 Å². The van der Waals surface area contributed by atoms with E-state index in [1.165, 1.54) is 6.92 Å². The Bertz CT molecular complexity index is 601. The van der Waals surface area contributed by atoms with Crippen LogP contribution in [-0.2, 0) is 0 Å². The van der Waals surface area contributed by atoms with Crippen LogP contribution in [0, 0.1) is 4.91 Å². The molecule has 0 saturated carbocycles. The van der Waals surface area contributed by atoms with Gasteiger partial charge in [0, 0.05) is 6.20 Å². The first-order valence-electron chi connectivity index (χ1n) is 5.90. The van der Waals surface area contributed by atoms with E-state index in [9.17, 15) is 9.70 Å². The quantitative estimate of drug-likeness (QED) is 0.614. The van der Waals surface area contributed by atoms with Gasteiger partial charge in [0.25, 0.3) is 0 Å². The summed E-state index contributed by atoms with van der Waals surface area (Å²) in [4.78, 5) is 22.8. The summed E-state index contributed by atoms with van der Waals surface area (Å²) in [7, 11) is 0. The molecule has 2 rings (SSSR count). The molecule has 0 saturated heterocycles. The number of Topliss-reactive ketones (excluding diaryl/α,β-unsaturated/α-hetero) is 1. The number of hydrogen-bond donors (Lipinski definition) is 0. The number of fused-ring (bicyclic) bond motifs is 1. The molecule has 2 aromatic heterocycles. The van der Waals surface area contributed by atoms with Gasteiger partial charge in [0.2, 0.25) is 0 Å². The summed E-state index contributed by atoms with van der Waals surface area (Å²) in [5, 5.41) is 7.22. The Kier molecular flexibility index (Phi) is 3.23. The first-order valence-corrected chi connectivity index (χ1v) is 5.90. The zero-order chi connectivity index (χ0) is 13.3. The second-order valence-corrected chi connectivity index (χ2v) is 4.59. The van der Waals surface area contributed by atoms with Crippen LogP contribution in [0.2, 0.25) is 0 Å². The zero-order valence-electron chi connectivity index (χ0n) is 10.6. The molecule has 0 aliphatic rings. The second-order valence-electron chi connectivity index (χ2n) is 4.59. The average Bonchev–Trinajstić information content (AvgIpc) is 2.76. The van der Waals surface area contributed by atoms with Crippen molar-refractivity contribution in [3.05, 3.63) is 40.6 Å². The molecule has 2 heterocycles. The van der Waals surface area contributed by atoms with Crippen molar-refractivity contribution in [2.45, 2.75) is 32.7 Å². The molecule has 5 heteroatoms. The van der Waals surface area contributed by atoms with Crippen LogP contribution in [0.3, 0.4) is 0 Å². The van der Waals surface area contributed by atoms with E-state index in [-0.39, 0.29) is 11.7 Å². The van der Waals surface area contributed by atoms with Gasteiger partial charge in [-0.1, -0.05) is 25.1 Å². The molecule has 18 heavy (non-hydrogen) atoms. The van der Waals surface area contributed by atoms with Gasteiger partial charge in [0.15, 0.2) is 11.8 Å². The largest absolute Gasteiger partial charge is 0.291 e. The minimum Gasteiger partial charge on any atom is -0.291 e. The summed E-state index contributed by atoms with van der Waals surface area (Å²) < 4.78 is 1.67. The van der Waals surface area contributed by atoms with Crippen molar-refractivity contribution in [1.82, 2.24) is 9.61 Å². The number of carbonyl (C=O) groups is 1. The van der Waals surface area contributed by atoms with E-state index in [0.717, 1.165) is 5.52 Å².